The summed E-state index contributed by atoms with van der Waals surface area (Å²) in [5.74, 6) is -1.29. The van der Waals surface area contributed by atoms with E-state index in [0.29, 0.717) is 6.61 Å². The van der Waals surface area contributed by atoms with Crippen molar-refractivity contribution in [1.29, 1.82) is 0 Å². The lowest BCUT2D eigenvalue weighted by atomic mass is 10.1. The van der Waals surface area contributed by atoms with E-state index in [4.69, 9.17) is 4.74 Å². The lowest BCUT2D eigenvalue weighted by Crippen LogP contribution is -2.13. The SMILES string of the molecule is CCCCCCCC/C=C\CCCCCCCCOC(=O)CCS(=O)(=O)[O-]. The van der Waals surface area contributed by atoms with E-state index in [1.165, 1.54) is 64.2 Å². The van der Waals surface area contributed by atoms with Crippen molar-refractivity contribution in [3.05, 3.63) is 12.2 Å². The summed E-state index contributed by atoms with van der Waals surface area (Å²) in [6, 6.07) is 0. The van der Waals surface area contributed by atoms with E-state index in [9.17, 15) is 17.8 Å². The van der Waals surface area contributed by atoms with Gasteiger partial charge in [0.1, 0.15) is 0 Å². The van der Waals surface area contributed by atoms with Gasteiger partial charge in [-0.15, -0.1) is 0 Å². The first kappa shape index (κ1) is 26.1. The Hall–Kier alpha value is -0.880. The molecular weight excluding hydrogens is 364 g/mol. The molecule has 5 nitrogen and oxygen atoms in total. The Morgan fingerprint density at radius 1 is 0.815 bits per heavy atom. The van der Waals surface area contributed by atoms with Gasteiger partial charge in [-0.2, -0.15) is 0 Å². The molecule has 0 radical (unpaired) electrons. The minimum Gasteiger partial charge on any atom is -0.748 e. The number of ether oxygens (including phenoxy) is 1. The lowest BCUT2D eigenvalue weighted by Gasteiger charge is -2.07. The maximum atomic E-state index is 11.2. The monoisotopic (exact) mass is 403 g/mol. The summed E-state index contributed by atoms with van der Waals surface area (Å²) in [7, 11) is -4.34. The van der Waals surface area contributed by atoms with E-state index in [2.05, 4.69) is 19.1 Å². The molecule has 0 saturated carbocycles. The number of carbonyl (C=O) groups is 1. The fraction of sp³-hybridized carbons (Fsp3) is 0.857. The molecule has 160 valence electrons. The zero-order chi connectivity index (χ0) is 20.2. The molecule has 0 bridgehead atoms. The van der Waals surface area contributed by atoms with Gasteiger partial charge >= 0.3 is 5.97 Å². The highest BCUT2D eigenvalue weighted by Crippen LogP contribution is 2.10. The minimum atomic E-state index is -4.34. The van der Waals surface area contributed by atoms with Gasteiger partial charge < -0.3 is 9.29 Å². The second-order valence-electron chi connectivity index (χ2n) is 7.17. The number of allylic oxidation sites excluding steroid dienone is 2. The van der Waals surface area contributed by atoms with Crippen LogP contribution in [0.25, 0.3) is 0 Å². The van der Waals surface area contributed by atoms with Gasteiger partial charge in [0.2, 0.25) is 0 Å². The van der Waals surface area contributed by atoms with Gasteiger partial charge in [-0.1, -0.05) is 76.9 Å². The number of unbranched alkanes of at least 4 members (excludes halogenated alkanes) is 12. The van der Waals surface area contributed by atoms with Crippen molar-refractivity contribution in [2.24, 2.45) is 0 Å². The average Bonchev–Trinajstić information content (AvgIpc) is 2.62. The summed E-state index contributed by atoms with van der Waals surface area (Å²) >= 11 is 0. The van der Waals surface area contributed by atoms with Gasteiger partial charge in [-0.25, -0.2) is 8.42 Å². The Balaban J connectivity index is 3.24. The minimum absolute atomic E-state index is 0.304. The van der Waals surface area contributed by atoms with Gasteiger partial charge in [-0.05, 0) is 32.1 Å². The predicted octanol–water partition coefficient (Wildman–Crippen LogP) is 5.50. The number of hydrogen-bond acceptors (Lipinski definition) is 5. The molecule has 0 aliphatic rings. The Bertz CT molecular complexity index is 471. The molecule has 0 unspecified atom stereocenters. The normalized spacial score (nSPS) is 11.9. The molecule has 0 aromatic rings. The third kappa shape index (κ3) is 23.1. The van der Waals surface area contributed by atoms with Crippen LogP contribution in [-0.4, -0.2) is 31.3 Å². The summed E-state index contributed by atoms with van der Waals surface area (Å²) in [6.45, 7) is 2.55. The van der Waals surface area contributed by atoms with Crippen LogP contribution in [0.4, 0.5) is 0 Å². The van der Waals surface area contributed by atoms with E-state index in [-0.39, 0.29) is 6.42 Å². The van der Waals surface area contributed by atoms with Crippen LogP contribution in [0, 0.1) is 0 Å². The van der Waals surface area contributed by atoms with Crippen molar-refractivity contribution in [3.8, 4) is 0 Å². The van der Waals surface area contributed by atoms with Crippen molar-refractivity contribution in [2.45, 2.75) is 103 Å². The fourth-order valence-corrected chi connectivity index (χ4v) is 3.23. The topological polar surface area (TPSA) is 83.5 Å². The zero-order valence-corrected chi connectivity index (χ0v) is 17.9. The molecule has 0 spiro atoms. The van der Waals surface area contributed by atoms with Crippen LogP contribution in [-0.2, 0) is 19.6 Å². The molecule has 0 saturated heterocycles. The van der Waals surface area contributed by atoms with Gasteiger partial charge in [-0.3, -0.25) is 4.79 Å². The van der Waals surface area contributed by atoms with Crippen molar-refractivity contribution in [2.75, 3.05) is 12.4 Å². The van der Waals surface area contributed by atoms with Gasteiger partial charge in [0.15, 0.2) is 0 Å². The van der Waals surface area contributed by atoms with Gasteiger partial charge in [0, 0.05) is 5.75 Å². The first-order valence-corrected chi connectivity index (χ1v) is 12.3. The highest BCUT2D eigenvalue weighted by molar-refractivity contribution is 7.85. The van der Waals surface area contributed by atoms with Crippen molar-refractivity contribution in [3.63, 3.8) is 0 Å². The summed E-state index contributed by atoms with van der Waals surface area (Å²) in [5.41, 5.74) is 0. The molecule has 0 amide bonds. The van der Waals surface area contributed by atoms with Crippen molar-refractivity contribution >= 4 is 16.1 Å². The van der Waals surface area contributed by atoms with Crippen LogP contribution >= 0.6 is 0 Å². The van der Waals surface area contributed by atoms with Crippen LogP contribution < -0.4 is 0 Å². The Morgan fingerprint density at radius 3 is 1.81 bits per heavy atom. The summed E-state index contributed by atoms with van der Waals surface area (Å²) < 4.78 is 36.1. The number of rotatable bonds is 19. The quantitative estimate of drug-likeness (QED) is 0.123. The standard InChI is InChI=1S/C21H40O5S/c1-2-3-4-5-6-7-8-9-10-11-12-13-14-15-16-17-19-26-21(22)18-20-27(23,24)25/h9-10H,2-8,11-20H2,1H3,(H,23,24,25)/p-1/b10-9-. The largest absolute Gasteiger partial charge is 0.748 e. The van der Waals surface area contributed by atoms with E-state index in [0.717, 1.165) is 25.7 Å². The average molecular weight is 404 g/mol. The molecule has 0 rings (SSSR count). The fourth-order valence-electron chi connectivity index (χ4n) is 2.82. The molecule has 0 N–H and O–H groups in total. The highest BCUT2D eigenvalue weighted by Gasteiger charge is 2.05. The molecule has 27 heavy (non-hydrogen) atoms. The Labute approximate surface area is 166 Å². The molecule has 0 fully saturated rings. The molecule has 0 aliphatic carbocycles. The van der Waals surface area contributed by atoms with Crippen molar-refractivity contribution in [1.82, 2.24) is 0 Å². The molecule has 0 atom stereocenters. The number of carbonyl (C=O) groups excluding carboxylic acids is 1. The highest BCUT2D eigenvalue weighted by atomic mass is 32.2. The summed E-state index contributed by atoms with van der Waals surface area (Å²) in [6.07, 6.45) is 21.3. The predicted molar refractivity (Wildman–Crippen MR) is 110 cm³/mol. The molecule has 0 aliphatic heterocycles. The molecule has 0 aromatic heterocycles. The van der Waals surface area contributed by atoms with E-state index >= 15 is 0 Å². The van der Waals surface area contributed by atoms with Gasteiger partial charge in [0.25, 0.3) is 0 Å². The van der Waals surface area contributed by atoms with Crippen LogP contribution in [0.5, 0.6) is 0 Å². The van der Waals surface area contributed by atoms with E-state index in [1.807, 2.05) is 0 Å². The molecular formula is C21H39O5S-. The molecule has 6 heteroatoms. The maximum absolute atomic E-state index is 11.2. The number of hydrogen-bond donors (Lipinski definition) is 0. The van der Waals surface area contributed by atoms with Crippen LogP contribution in [0.3, 0.4) is 0 Å². The third-order valence-corrected chi connectivity index (χ3v) is 5.18. The zero-order valence-electron chi connectivity index (χ0n) is 17.1. The second-order valence-corrected chi connectivity index (χ2v) is 8.69. The van der Waals surface area contributed by atoms with E-state index < -0.39 is 21.8 Å². The number of esters is 1. The van der Waals surface area contributed by atoms with Crippen molar-refractivity contribution < 1.29 is 22.5 Å². The Morgan fingerprint density at radius 2 is 1.30 bits per heavy atom. The maximum Gasteiger partial charge on any atom is 0.306 e. The first-order valence-electron chi connectivity index (χ1n) is 10.7. The Kier molecular flexibility index (Phi) is 17.9. The molecule has 0 heterocycles. The third-order valence-electron chi connectivity index (χ3n) is 4.48. The van der Waals surface area contributed by atoms with Crippen LogP contribution in [0.15, 0.2) is 12.2 Å². The first-order chi connectivity index (χ1) is 13.0. The van der Waals surface area contributed by atoms with E-state index in [1.54, 1.807) is 0 Å². The second kappa shape index (κ2) is 18.5. The lowest BCUT2D eigenvalue weighted by molar-refractivity contribution is -0.143. The summed E-state index contributed by atoms with van der Waals surface area (Å²) in [5, 5.41) is 0. The van der Waals surface area contributed by atoms with Crippen LogP contribution in [0.1, 0.15) is 103 Å². The summed E-state index contributed by atoms with van der Waals surface area (Å²) in [4.78, 5) is 11.2. The smallest absolute Gasteiger partial charge is 0.306 e. The van der Waals surface area contributed by atoms with Gasteiger partial charge in [0.05, 0.1) is 23.1 Å². The molecule has 0 aromatic carbocycles. The van der Waals surface area contributed by atoms with Crippen LogP contribution in [0.2, 0.25) is 0 Å².